The standard InChI is InChI=1S/C23H24N6O4S2/c24-15-19(34-25)23(31)29-13-11-28(12-14-29)22(30)17-6-8-18(9-7-17)27-35(32,33)20-5-1-3-16-4-2-10-26-21(16)20/h1-10,15,27H,11-14,24-25H2/b19-15-. The lowest BCUT2D eigenvalue weighted by Crippen LogP contribution is -2.50. The molecule has 1 fully saturated rings. The van der Waals surface area contributed by atoms with Crippen molar-refractivity contribution in [2.75, 3.05) is 30.9 Å². The Bertz CT molecular complexity index is 1380. The van der Waals surface area contributed by atoms with Gasteiger partial charge in [0.1, 0.15) is 9.80 Å². The monoisotopic (exact) mass is 512 g/mol. The lowest BCUT2D eigenvalue weighted by atomic mass is 10.1. The van der Waals surface area contributed by atoms with Crippen molar-refractivity contribution in [2.24, 2.45) is 10.9 Å². The largest absolute Gasteiger partial charge is 0.403 e. The third-order valence-corrected chi connectivity index (χ3v) is 7.59. The molecule has 1 aliphatic rings. The summed E-state index contributed by atoms with van der Waals surface area (Å²) in [5, 5.41) is 6.18. The number of benzene rings is 2. The number of carbonyl (C=O) groups is 2. The van der Waals surface area contributed by atoms with Crippen molar-refractivity contribution in [2.45, 2.75) is 4.90 Å². The Balaban J connectivity index is 1.42. The Morgan fingerprint density at radius 3 is 2.29 bits per heavy atom. The predicted octanol–water partition coefficient (Wildman–Crippen LogP) is 1.73. The highest BCUT2D eigenvalue weighted by atomic mass is 32.2. The third-order valence-electron chi connectivity index (χ3n) is 5.61. The van der Waals surface area contributed by atoms with E-state index in [1.54, 1.807) is 64.5 Å². The van der Waals surface area contributed by atoms with E-state index in [-0.39, 0.29) is 21.6 Å². The molecule has 5 N–H and O–H groups in total. The lowest BCUT2D eigenvalue weighted by Gasteiger charge is -2.35. The molecular weight excluding hydrogens is 488 g/mol. The van der Waals surface area contributed by atoms with Crippen LogP contribution in [0.1, 0.15) is 10.4 Å². The summed E-state index contributed by atoms with van der Waals surface area (Å²) in [5.74, 6) is -0.460. The fourth-order valence-electron chi connectivity index (χ4n) is 3.80. The fourth-order valence-corrected chi connectivity index (χ4v) is 5.34. The second kappa shape index (κ2) is 10.3. The van der Waals surface area contributed by atoms with Gasteiger partial charge in [0.2, 0.25) is 0 Å². The topological polar surface area (TPSA) is 152 Å². The minimum absolute atomic E-state index is 0.0730. The van der Waals surface area contributed by atoms with Crippen LogP contribution < -0.4 is 15.6 Å². The van der Waals surface area contributed by atoms with Gasteiger partial charge < -0.3 is 15.5 Å². The van der Waals surface area contributed by atoms with E-state index in [0.717, 1.165) is 17.3 Å². The van der Waals surface area contributed by atoms with E-state index >= 15 is 0 Å². The summed E-state index contributed by atoms with van der Waals surface area (Å²) in [4.78, 5) is 33.0. The number of nitrogens with two attached hydrogens (primary N) is 2. The van der Waals surface area contributed by atoms with Crippen LogP contribution >= 0.6 is 11.9 Å². The second-order valence-corrected chi connectivity index (χ2v) is 10.1. The van der Waals surface area contributed by atoms with Gasteiger partial charge in [0.05, 0.1) is 5.52 Å². The van der Waals surface area contributed by atoms with Crippen molar-refractivity contribution in [3.05, 3.63) is 77.5 Å². The van der Waals surface area contributed by atoms with Crippen molar-refractivity contribution in [1.29, 1.82) is 0 Å². The summed E-state index contributed by atoms with van der Waals surface area (Å²) in [7, 11) is -3.89. The molecule has 0 unspecified atom stereocenters. The van der Waals surface area contributed by atoms with Gasteiger partial charge in [0.25, 0.3) is 21.8 Å². The summed E-state index contributed by atoms with van der Waals surface area (Å²) in [6.45, 7) is 1.44. The Morgan fingerprint density at radius 1 is 0.971 bits per heavy atom. The molecule has 2 aromatic carbocycles. The zero-order valence-corrected chi connectivity index (χ0v) is 20.3. The average Bonchev–Trinajstić information content (AvgIpc) is 2.89. The molecule has 1 aromatic heterocycles. The summed E-state index contributed by atoms with van der Waals surface area (Å²) >= 11 is 0.792. The highest BCUT2D eigenvalue weighted by Crippen LogP contribution is 2.24. The van der Waals surface area contributed by atoms with Gasteiger partial charge in [-0.3, -0.25) is 24.4 Å². The normalized spacial score (nSPS) is 14.7. The second-order valence-electron chi connectivity index (χ2n) is 7.75. The number of amides is 2. The molecule has 3 aromatic rings. The van der Waals surface area contributed by atoms with Crippen LogP contribution in [-0.4, -0.2) is 61.2 Å². The van der Waals surface area contributed by atoms with Crippen molar-refractivity contribution < 1.29 is 18.0 Å². The number of fused-ring (bicyclic) bond motifs is 1. The van der Waals surface area contributed by atoms with Crippen molar-refractivity contribution in [1.82, 2.24) is 14.8 Å². The van der Waals surface area contributed by atoms with E-state index < -0.39 is 10.0 Å². The number of hydrogen-bond donors (Lipinski definition) is 3. The van der Waals surface area contributed by atoms with Crippen LogP contribution in [0.15, 0.2) is 76.8 Å². The van der Waals surface area contributed by atoms with Crippen LogP contribution in [0.4, 0.5) is 5.69 Å². The van der Waals surface area contributed by atoms with Crippen molar-refractivity contribution in [3.63, 3.8) is 0 Å². The van der Waals surface area contributed by atoms with Crippen LogP contribution in [0.5, 0.6) is 0 Å². The molecule has 0 bridgehead atoms. The number of carbonyl (C=O) groups excluding carboxylic acids is 2. The Morgan fingerprint density at radius 2 is 1.63 bits per heavy atom. The number of para-hydroxylation sites is 1. The SMILES string of the molecule is N/C=C(\SN)C(=O)N1CCN(C(=O)c2ccc(NS(=O)(=O)c3cccc4cccnc34)cc2)CC1. The van der Waals surface area contributed by atoms with Gasteiger partial charge in [-0.2, -0.15) is 0 Å². The minimum Gasteiger partial charge on any atom is -0.403 e. The van der Waals surface area contributed by atoms with E-state index in [4.69, 9.17) is 10.9 Å². The number of aromatic nitrogens is 1. The fraction of sp³-hybridized carbons (Fsp3) is 0.174. The molecule has 10 nitrogen and oxygen atoms in total. The summed E-state index contributed by atoms with van der Waals surface area (Å²) < 4.78 is 28.5. The van der Waals surface area contributed by atoms with E-state index in [1.165, 1.54) is 12.3 Å². The molecule has 2 amide bonds. The van der Waals surface area contributed by atoms with Gasteiger partial charge in [0.15, 0.2) is 0 Å². The smallest absolute Gasteiger partial charge is 0.264 e. The number of pyridine rings is 1. The maximum absolute atomic E-state index is 13.0. The average molecular weight is 513 g/mol. The molecule has 0 radical (unpaired) electrons. The Labute approximate surface area is 207 Å². The molecule has 0 aliphatic carbocycles. The molecule has 2 heterocycles. The number of rotatable bonds is 6. The molecule has 4 rings (SSSR count). The molecule has 1 aliphatic heterocycles. The highest BCUT2D eigenvalue weighted by molar-refractivity contribution is 8.01. The minimum atomic E-state index is -3.89. The van der Waals surface area contributed by atoms with Crippen LogP contribution in [-0.2, 0) is 14.8 Å². The highest BCUT2D eigenvalue weighted by Gasteiger charge is 2.26. The number of anilines is 1. The van der Waals surface area contributed by atoms with E-state index in [1.807, 2.05) is 0 Å². The maximum Gasteiger partial charge on any atom is 0.264 e. The third kappa shape index (κ3) is 5.24. The Kier molecular flexibility index (Phi) is 7.24. The van der Waals surface area contributed by atoms with E-state index in [9.17, 15) is 18.0 Å². The molecular formula is C23H24N6O4S2. The summed E-state index contributed by atoms with van der Waals surface area (Å²) in [5.41, 5.74) is 6.55. The number of hydrogen-bond acceptors (Lipinski definition) is 8. The first-order valence-electron chi connectivity index (χ1n) is 10.7. The quantitative estimate of drug-likeness (QED) is 0.334. The molecule has 0 spiro atoms. The van der Waals surface area contributed by atoms with Gasteiger partial charge in [-0.25, -0.2) is 8.42 Å². The van der Waals surface area contributed by atoms with Crippen LogP contribution in [0.25, 0.3) is 10.9 Å². The predicted molar refractivity (Wildman–Crippen MR) is 136 cm³/mol. The molecule has 12 heteroatoms. The first-order chi connectivity index (χ1) is 16.8. The molecule has 1 saturated heterocycles. The van der Waals surface area contributed by atoms with Gasteiger partial charge in [-0.15, -0.1) is 0 Å². The van der Waals surface area contributed by atoms with Gasteiger partial charge >= 0.3 is 0 Å². The molecule has 0 atom stereocenters. The summed E-state index contributed by atoms with van der Waals surface area (Å²) in [6.07, 6.45) is 2.72. The number of nitrogens with zero attached hydrogens (tertiary/aromatic N) is 3. The van der Waals surface area contributed by atoms with Gasteiger partial charge in [0, 0.05) is 55.2 Å². The molecule has 35 heavy (non-hydrogen) atoms. The van der Waals surface area contributed by atoms with Gasteiger partial charge in [-0.05, 0) is 48.3 Å². The van der Waals surface area contributed by atoms with E-state index in [2.05, 4.69) is 9.71 Å². The zero-order chi connectivity index (χ0) is 25.0. The zero-order valence-electron chi connectivity index (χ0n) is 18.6. The number of nitrogens with one attached hydrogen (secondary N) is 1. The van der Waals surface area contributed by atoms with Gasteiger partial charge in [-0.1, -0.05) is 18.2 Å². The molecule has 182 valence electrons. The summed E-state index contributed by atoms with van der Waals surface area (Å²) in [6, 6.07) is 14.7. The number of sulfonamides is 1. The number of piperazine rings is 1. The first kappa shape index (κ1) is 24.5. The first-order valence-corrected chi connectivity index (χ1v) is 13.0. The van der Waals surface area contributed by atoms with Crippen molar-refractivity contribution in [3.8, 4) is 0 Å². The van der Waals surface area contributed by atoms with Crippen LogP contribution in [0.3, 0.4) is 0 Å². The van der Waals surface area contributed by atoms with Crippen LogP contribution in [0, 0.1) is 0 Å². The van der Waals surface area contributed by atoms with Crippen molar-refractivity contribution >= 4 is 50.4 Å². The molecule has 0 saturated carbocycles. The lowest BCUT2D eigenvalue weighted by molar-refractivity contribution is -0.127. The van der Waals surface area contributed by atoms with E-state index in [0.29, 0.717) is 42.9 Å². The van der Waals surface area contributed by atoms with Crippen LogP contribution in [0.2, 0.25) is 0 Å². The maximum atomic E-state index is 13.0. The Hall–Kier alpha value is -3.61.